The van der Waals surface area contributed by atoms with Gasteiger partial charge >= 0.3 is 0 Å². The lowest BCUT2D eigenvalue weighted by Gasteiger charge is -2.19. The Morgan fingerprint density at radius 1 is 1.30 bits per heavy atom. The molecule has 1 aliphatic heterocycles. The Labute approximate surface area is 119 Å². The molecule has 1 aliphatic rings. The number of carbonyl (C=O) groups excluding carboxylic acids is 2. The fourth-order valence-electron chi connectivity index (χ4n) is 2.16. The minimum Gasteiger partial charge on any atom is -0.468 e. The number of carbonyl (C=O) groups is 2. The van der Waals surface area contributed by atoms with Crippen LogP contribution in [0.5, 0.6) is 5.75 Å². The summed E-state index contributed by atoms with van der Waals surface area (Å²) in [4.78, 5) is 25.5. The highest BCUT2D eigenvalue weighted by molar-refractivity contribution is 6.33. The van der Waals surface area contributed by atoms with E-state index in [1.165, 1.54) is 7.11 Å². The van der Waals surface area contributed by atoms with Crippen molar-refractivity contribution in [2.45, 2.75) is 20.3 Å². The average Bonchev–Trinajstić information content (AvgIpc) is 2.55. The summed E-state index contributed by atoms with van der Waals surface area (Å²) < 4.78 is 10.1. The number of amides is 2. The molecule has 20 heavy (non-hydrogen) atoms. The van der Waals surface area contributed by atoms with Gasteiger partial charge in [-0.25, -0.2) is 4.90 Å². The Hall–Kier alpha value is -1.82. The monoisotopic (exact) mass is 273 g/mol. The van der Waals surface area contributed by atoms with E-state index < -0.39 is 5.41 Å². The van der Waals surface area contributed by atoms with Crippen LogP contribution in [0.4, 0.5) is 5.69 Å². The number of benzene rings is 1. The lowest BCUT2D eigenvalue weighted by Crippen LogP contribution is -2.33. The van der Waals surface area contributed by atoms with Crippen molar-refractivity contribution in [2.24, 2.45) is 5.41 Å². The van der Waals surface area contributed by atoms with Crippen LogP contribution in [-0.2, 0) is 14.3 Å². The summed E-state index contributed by atoms with van der Waals surface area (Å²) in [5.74, 6) is -0.0127. The molecule has 5 nitrogen and oxygen atoms in total. The number of nitrogens with zero attached hydrogens (tertiary/aromatic N) is 1. The molecule has 0 spiro atoms. The third-order valence-corrected chi connectivity index (χ3v) is 3.14. The fraction of sp³-hybridized carbons (Fsp3) is 0.429. The maximum atomic E-state index is 12.3. The van der Waals surface area contributed by atoms with Gasteiger partial charge in [-0.3, -0.25) is 9.59 Å². The summed E-state index contributed by atoms with van der Waals surface area (Å²) in [7, 11) is 7.29. The van der Waals surface area contributed by atoms with Gasteiger partial charge in [0.05, 0.1) is 11.1 Å². The zero-order valence-electron chi connectivity index (χ0n) is 11.8. The molecule has 0 aliphatic carbocycles. The quantitative estimate of drug-likeness (QED) is 0.461. The van der Waals surface area contributed by atoms with E-state index in [2.05, 4.69) is 0 Å². The van der Waals surface area contributed by atoms with E-state index >= 15 is 0 Å². The summed E-state index contributed by atoms with van der Waals surface area (Å²) >= 11 is 0. The summed E-state index contributed by atoms with van der Waals surface area (Å²) in [6.07, 6.45) is 0.189. The Kier molecular flexibility index (Phi) is 3.86. The minimum absolute atomic E-state index is 0.0658. The van der Waals surface area contributed by atoms with Crippen LogP contribution in [0.25, 0.3) is 0 Å². The number of imide groups is 1. The molecule has 2 rings (SSSR count). The van der Waals surface area contributed by atoms with Gasteiger partial charge in [0.2, 0.25) is 11.8 Å². The van der Waals surface area contributed by atoms with Crippen molar-refractivity contribution in [3.05, 3.63) is 18.2 Å². The first-order chi connectivity index (χ1) is 9.35. The van der Waals surface area contributed by atoms with Gasteiger partial charge in [0.25, 0.3) is 0 Å². The molecule has 6 heteroatoms. The van der Waals surface area contributed by atoms with Crippen LogP contribution in [0, 0.1) is 5.41 Å². The molecule has 0 saturated carbocycles. The molecule has 2 amide bonds. The zero-order chi connectivity index (χ0) is 14.9. The van der Waals surface area contributed by atoms with Gasteiger partial charge in [-0.15, -0.1) is 0 Å². The van der Waals surface area contributed by atoms with E-state index in [0.29, 0.717) is 16.9 Å². The largest absolute Gasteiger partial charge is 0.468 e. The molecule has 104 valence electrons. The molecule has 1 heterocycles. The predicted molar refractivity (Wildman–Crippen MR) is 75.2 cm³/mol. The van der Waals surface area contributed by atoms with Gasteiger partial charge < -0.3 is 9.47 Å². The van der Waals surface area contributed by atoms with Crippen molar-refractivity contribution in [2.75, 3.05) is 18.8 Å². The molecule has 2 radical (unpaired) electrons. The van der Waals surface area contributed by atoms with Crippen LogP contribution in [0.1, 0.15) is 20.3 Å². The van der Waals surface area contributed by atoms with Crippen molar-refractivity contribution in [1.29, 1.82) is 0 Å². The number of rotatable bonds is 4. The van der Waals surface area contributed by atoms with Gasteiger partial charge in [-0.1, -0.05) is 19.3 Å². The summed E-state index contributed by atoms with van der Waals surface area (Å²) in [5.41, 5.74) is 0.158. The molecule has 1 aromatic carbocycles. The Balaban J connectivity index is 2.35. The second kappa shape index (κ2) is 5.29. The number of hydrogen-bond donors (Lipinski definition) is 0. The Morgan fingerprint density at radius 3 is 2.55 bits per heavy atom. The third-order valence-electron chi connectivity index (χ3n) is 3.14. The topological polar surface area (TPSA) is 55.8 Å². The summed E-state index contributed by atoms with van der Waals surface area (Å²) in [6.45, 7) is 3.57. The first kappa shape index (κ1) is 14.6. The van der Waals surface area contributed by atoms with E-state index in [9.17, 15) is 9.59 Å². The standard InChI is InChI=1S/C14H16BNO4/c1-14(2)7-12(17)16(13(14)18)10-4-9(15)5-11(6-10)20-8-19-3/h4-6H,7-8H2,1-3H3. The smallest absolute Gasteiger partial charge is 0.239 e. The highest BCUT2D eigenvalue weighted by Gasteiger charge is 2.45. The minimum atomic E-state index is -0.685. The van der Waals surface area contributed by atoms with Crippen molar-refractivity contribution in [3.63, 3.8) is 0 Å². The van der Waals surface area contributed by atoms with Crippen molar-refractivity contribution < 1.29 is 19.1 Å². The first-order valence-electron chi connectivity index (χ1n) is 6.25. The SMILES string of the molecule is [B]c1cc(OCOC)cc(N2C(=O)CC(C)(C)C2=O)c1. The van der Waals surface area contributed by atoms with Crippen molar-refractivity contribution in [3.8, 4) is 5.75 Å². The van der Waals surface area contributed by atoms with Crippen molar-refractivity contribution in [1.82, 2.24) is 0 Å². The van der Waals surface area contributed by atoms with Crippen LogP contribution in [0.3, 0.4) is 0 Å². The average molecular weight is 273 g/mol. The molecular weight excluding hydrogens is 257 g/mol. The summed E-state index contributed by atoms with van der Waals surface area (Å²) in [5, 5.41) is 0. The molecule has 0 aromatic heterocycles. The van der Waals surface area contributed by atoms with Crippen LogP contribution < -0.4 is 15.1 Å². The molecular formula is C14H16BNO4. The molecule has 0 unspecified atom stereocenters. The number of methoxy groups -OCH3 is 1. The molecule has 0 bridgehead atoms. The lowest BCUT2D eigenvalue weighted by atomic mass is 9.92. The number of anilines is 1. The Morgan fingerprint density at radius 2 is 2.00 bits per heavy atom. The van der Waals surface area contributed by atoms with Crippen molar-refractivity contribution >= 4 is 30.8 Å². The molecule has 1 aromatic rings. The lowest BCUT2D eigenvalue weighted by molar-refractivity contribution is -0.124. The van der Waals surface area contributed by atoms with Crippen LogP contribution >= 0.6 is 0 Å². The van der Waals surface area contributed by atoms with Gasteiger partial charge in [0.1, 0.15) is 13.6 Å². The van der Waals surface area contributed by atoms with E-state index in [-0.39, 0.29) is 25.0 Å². The molecule has 0 atom stereocenters. The van der Waals surface area contributed by atoms with Gasteiger partial charge in [-0.05, 0) is 12.1 Å². The van der Waals surface area contributed by atoms with Gasteiger partial charge in [0, 0.05) is 19.6 Å². The predicted octanol–water partition coefficient (Wildman–Crippen LogP) is 0.753. The zero-order valence-corrected chi connectivity index (χ0v) is 11.8. The number of ether oxygens (including phenoxy) is 2. The van der Waals surface area contributed by atoms with E-state index in [4.69, 9.17) is 17.3 Å². The second-order valence-corrected chi connectivity index (χ2v) is 5.41. The second-order valence-electron chi connectivity index (χ2n) is 5.41. The Bertz CT molecular complexity index is 556. The van der Waals surface area contributed by atoms with Gasteiger partial charge in [-0.2, -0.15) is 0 Å². The normalized spacial score (nSPS) is 17.6. The molecule has 1 saturated heterocycles. The van der Waals surface area contributed by atoms with Crippen LogP contribution in [0.2, 0.25) is 0 Å². The van der Waals surface area contributed by atoms with E-state index in [1.807, 2.05) is 0 Å². The van der Waals surface area contributed by atoms with Gasteiger partial charge in [0.15, 0.2) is 6.79 Å². The maximum Gasteiger partial charge on any atom is 0.239 e. The van der Waals surface area contributed by atoms with E-state index in [1.54, 1.807) is 32.0 Å². The highest BCUT2D eigenvalue weighted by atomic mass is 16.7. The number of hydrogen-bond acceptors (Lipinski definition) is 4. The van der Waals surface area contributed by atoms with E-state index in [0.717, 1.165) is 4.90 Å². The fourth-order valence-corrected chi connectivity index (χ4v) is 2.16. The molecule has 0 N–H and O–H groups in total. The third kappa shape index (κ3) is 2.70. The van der Waals surface area contributed by atoms with Crippen LogP contribution in [0.15, 0.2) is 18.2 Å². The highest BCUT2D eigenvalue weighted by Crippen LogP contribution is 2.35. The maximum absolute atomic E-state index is 12.3. The molecule has 1 fully saturated rings. The van der Waals surface area contributed by atoms with Crippen LogP contribution in [-0.4, -0.2) is 33.6 Å². The summed E-state index contributed by atoms with van der Waals surface area (Å²) in [6, 6.07) is 4.79. The first-order valence-corrected chi connectivity index (χ1v) is 6.25.